The van der Waals surface area contributed by atoms with Crippen LogP contribution in [0.2, 0.25) is 0 Å². The Morgan fingerprint density at radius 2 is 1.87 bits per heavy atom. The Bertz CT molecular complexity index is 372. The van der Waals surface area contributed by atoms with Gasteiger partial charge in [-0.2, -0.15) is 0 Å². The van der Waals surface area contributed by atoms with E-state index in [9.17, 15) is 9.90 Å². The number of nitrogens with two attached hydrogens (primary N) is 1. The highest BCUT2D eigenvalue weighted by Gasteiger charge is 2.14. The number of halogens is 2. The molecule has 1 atom stereocenters. The average molecular weight is 433 g/mol. The quantitative estimate of drug-likeness (QED) is 0.638. The number of carboxylic acids is 1. The van der Waals surface area contributed by atoms with Crippen molar-refractivity contribution in [2.45, 2.75) is 12.5 Å². The molecule has 4 nitrogen and oxygen atoms in total. The van der Waals surface area contributed by atoms with E-state index in [2.05, 4.69) is 0 Å². The van der Waals surface area contributed by atoms with Crippen LogP contribution >= 0.6 is 45.2 Å². The van der Waals surface area contributed by atoms with Crippen LogP contribution in [-0.4, -0.2) is 16.2 Å². The Balaban J connectivity index is 3.00. The highest BCUT2D eigenvalue weighted by atomic mass is 127. The maximum atomic E-state index is 10.5. The van der Waals surface area contributed by atoms with Crippen molar-refractivity contribution in [1.29, 1.82) is 0 Å². The number of phenols is 1. The minimum absolute atomic E-state index is 0.114. The fourth-order valence-electron chi connectivity index (χ4n) is 1.11. The summed E-state index contributed by atoms with van der Waals surface area (Å²) in [5, 5.41) is 18.1. The smallest absolute Gasteiger partial charge is 0.305 e. The number of hydrogen-bond acceptors (Lipinski definition) is 3. The van der Waals surface area contributed by atoms with Gasteiger partial charge >= 0.3 is 5.97 Å². The lowest BCUT2D eigenvalue weighted by Gasteiger charge is -2.11. The molecule has 0 radical (unpaired) electrons. The van der Waals surface area contributed by atoms with E-state index in [1.807, 2.05) is 45.2 Å². The van der Waals surface area contributed by atoms with Crippen molar-refractivity contribution in [2.75, 3.05) is 0 Å². The van der Waals surface area contributed by atoms with E-state index >= 15 is 0 Å². The van der Waals surface area contributed by atoms with Crippen LogP contribution in [0.3, 0.4) is 0 Å². The molecule has 1 aromatic rings. The van der Waals surface area contributed by atoms with Gasteiger partial charge in [-0.25, -0.2) is 0 Å². The molecule has 0 amide bonds. The first-order valence-corrected chi connectivity index (χ1v) is 6.23. The molecule has 0 bridgehead atoms. The van der Waals surface area contributed by atoms with Gasteiger partial charge in [-0.3, -0.25) is 4.79 Å². The van der Waals surface area contributed by atoms with Crippen LogP contribution in [0.1, 0.15) is 18.0 Å². The minimum Gasteiger partial charge on any atom is -0.506 e. The van der Waals surface area contributed by atoms with Crippen molar-refractivity contribution in [3.8, 4) is 5.75 Å². The molecule has 0 aromatic heterocycles. The van der Waals surface area contributed by atoms with Gasteiger partial charge in [0.1, 0.15) is 5.75 Å². The second-order valence-corrected chi connectivity index (χ2v) is 5.36. The van der Waals surface area contributed by atoms with Crippen molar-refractivity contribution in [2.24, 2.45) is 5.73 Å². The lowest BCUT2D eigenvalue weighted by atomic mass is 10.1. The van der Waals surface area contributed by atoms with E-state index in [-0.39, 0.29) is 12.2 Å². The number of hydrogen-bond donors (Lipinski definition) is 3. The molecular weight excluding hydrogens is 424 g/mol. The Labute approximate surface area is 114 Å². The molecule has 4 N–H and O–H groups in total. The van der Waals surface area contributed by atoms with Gasteiger partial charge in [0, 0.05) is 6.04 Å². The topological polar surface area (TPSA) is 83.6 Å². The Morgan fingerprint density at radius 3 is 2.27 bits per heavy atom. The van der Waals surface area contributed by atoms with E-state index in [1.165, 1.54) is 0 Å². The van der Waals surface area contributed by atoms with Gasteiger partial charge in [0.25, 0.3) is 0 Å². The first-order valence-electron chi connectivity index (χ1n) is 4.07. The van der Waals surface area contributed by atoms with E-state index in [0.29, 0.717) is 7.14 Å². The molecule has 0 unspecified atom stereocenters. The fourth-order valence-corrected chi connectivity index (χ4v) is 2.92. The Hall–Kier alpha value is -0.0900. The predicted octanol–water partition coefficient (Wildman–Crippen LogP) is 2.08. The molecule has 0 spiro atoms. The normalized spacial score (nSPS) is 12.5. The molecule has 0 fully saturated rings. The minimum atomic E-state index is -0.930. The van der Waals surface area contributed by atoms with Crippen LogP contribution < -0.4 is 5.73 Å². The van der Waals surface area contributed by atoms with Crippen LogP contribution in [0.4, 0.5) is 0 Å². The second kappa shape index (κ2) is 5.30. The lowest BCUT2D eigenvalue weighted by Crippen LogP contribution is -2.15. The number of carbonyl (C=O) groups is 1. The number of benzene rings is 1. The van der Waals surface area contributed by atoms with E-state index in [4.69, 9.17) is 10.8 Å². The molecule has 0 heterocycles. The molecule has 15 heavy (non-hydrogen) atoms. The summed E-state index contributed by atoms with van der Waals surface area (Å²) in [4.78, 5) is 10.5. The summed E-state index contributed by atoms with van der Waals surface area (Å²) in [6.07, 6.45) is -0.114. The summed E-state index contributed by atoms with van der Waals surface area (Å²) in [5.74, 6) is -0.719. The van der Waals surface area contributed by atoms with Crippen molar-refractivity contribution in [3.63, 3.8) is 0 Å². The van der Waals surface area contributed by atoms with Gasteiger partial charge in [-0.15, -0.1) is 0 Å². The van der Waals surface area contributed by atoms with Crippen molar-refractivity contribution < 1.29 is 15.0 Å². The monoisotopic (exact) mass is 433 g/mol. The molecule has 1 aromatic carbocycles. The third-order valence-corrected chi connectivity index (χ3v) is 3.51. The van der Waals surface area contributed by atoms with Gasteiger partial charge in [0.05, 0.1) is 13.6 Å². The maximum absolute atomic E-state index is 10.5. The lowest BCUT2D eigenvalue weighted by molar-refractivity contribution is -0.137. The van der Waals surface area contributed by atoms with Crippen molar-refractivity contribution >= 4 is 51.2 Å². The fraction of sp³-hybridized carbons (Fsp3) is 0.222. The number of carboxylic acid groups (broad SMARTS) is 1. The van der Waals surface area contributed by atoms with Gasteiger partial charge in [-0.1, -0.05) is 0 Å². The Morgan fingerprint density at radius 1 is 1.40 bits per heavy atom. The first kappa shape index (κ1) is 13.0. The SMILES string of the molecule is N[C@@H](CC(=O)O)c1cc(I)c(O)c(I)c1. The second-order valence-electron chi connectivity index (χ2n) is 3.04. The molecular formula is C9H9I2NO3. The summed E-state index contributed by atoms with van der Waals surface area (Å²) in [7, 11) is 0. The third kappa shape index (κ3) is 3.45. The van der Waals surface area contributed by atoms with E-state index < -0.39 is 12.0 Å². The molecule has 82 valence electrons. The molecule has 6 heteroatoms. The van der Waals surface area contributed by atoms with Gasteiger partial charge in [-0.05, 0) is 62.9 Å². The van der Waals surface area contributed by atoms with Crippen LogP contribution in [0.5, 0.6) is 5.75 Å². The number of rotatable bonds is 3. The maximum Gasteiger partial charge on any atom is 0.305 e. The van der Waals surface area contributed by atoms with Crippen LogP contribution in [0, 0.1) is 7.14 Å². The van der Waals surface area contributed by atoms with Gasteiger partial charge in [0.15, 0.2) is 0 Å². The van der Waals surface area contributed by atoms with Crippen LogP contribution in [0.15, 0.2) is 12.1 Å². The zero-order chi connectivity index (χ0) is 11.6. The highest BCUT2D eigenvalue weighted by Crippen LogP contribution is 2.29. The summed E-state index contributed by atoms with van der Waals surface area (Å²) in [6.45, 7) is 0. The molecule has 0 saturated heterocycles. The predicted molar refractivity (Wildman–Crippen MR) is 72.7 cm³/mol. The zero-order valence-corrected chi connectivity index (χ0v) is 11.9. The first-order chi connectivity index (χ1) is 6.91. The summed E-state index contributed by atoms with van der Waals surface area (Å²) >= 11 is 3.97. The molecule has 1 rings (SSSR count). The number of aliphatic carboxylic acids is 1. The summed E-state index contributed by atoms with van der Waals surface area (Å²) in [6, 6.07) is 2.86. The molecule has 0 aliphatic heterocycles. The summed E-state index contributed by atoms with van der Waals surface area (Å²) < 4.78 is 1.35. The van der Waals surface area contributed by atoms with E-state index in [0.717, 1.165) is 5.56 Å². The largest absolute Gasteiger partial charge is 0.506 e. The van der Waals surface area contributed by atoms with Crippen LogP contribution in [-0.2, 0) is 4.79 Å². The van der Waals surface area contributed by atoms with Crippen molar-refractivity contribution in [3.05, 3.63) is 24.8 Å². The molecule has 0 saturated carbocycles. The number of phenolic OH excluding ortho intramolecular Hbond substituents is 1. The standard InChI is InChI=1S/C9H9I2NO3/c10-5-1-4(2-6(11)9(5)15)7(12)3-8(13)14/h1-2,7,15H,3,12H2,(H,13,14)/t7-/m0/s1. The molecule has 0 aliphatic rings. The highest BCUT2D eigenvalue weighted by molar-refractivity contribution is 14.1. The Kier molecular flexibility index (Phi) is 4.59. The van der Waals surface area contributed by atoms with Gasteiger partial charge in [0.2, 0.25) is 0 Å². The molecule has 0 aliphatic carbocycles. The third-order valence-electron chi connectivity index (χ3n) is 1.86. The number of aromatic hydroxyl groups is 1. The van der Waals surface area contributed by atoms with Crippen molar-refractivity contribution in [1.82, 2.24) is 0 Å². The van der Waals surface area contributed by atoms with Crippen LogP contribution in [0.25, 0.3) is 0 Å². The van der Waals surface area contributed by atoms with E-state index in [1.54, 1.807) is 12.1 Å². The summed E-state index contributed by atoms with van der Waals surface area (Å²) in [5.41, 5.74) is 6.44. The average Bonchev–Trinajstić information content (AvgIpc) is 2.12. The van der Waals surface area contributed by atoms with Gasteiger partial charge < -0.3 is 15.9 Å². The zero-order valence-electron chi connectivity index (χ0n) is 7.58.